The molecule has 0 N–H and O–H groups in total. The highest BCUT2D eigenvalue weighted by molar-refractivity contribution is 5.81. The summed E-state index contributed by atoms with van der Waals surface area (Å²) in [6, 6.07) is 16.0. The molecule has 0 saturated carbocycles. The fourth-order valence-corrected chi connectivity index (χ4v) is 3.41. The van der Waals surface area contributed by atoms with E-state index in [-0.39, 0.29) is 0 Å². The quantitative estimate of drug-likeness (QED) is 0.330. The van der Waals surface area contributed by atoms with E-state index in [2.05, 4.69) is 22.5 Å². The number of aromatic nitrogens is 3. The number of unbranched alkanes of at least 4 members (excludes halogenated alkanes) is 2. The Balaban J connectivity index is 1.75. The number of rotatable bonds is 9. The predicted molar refractivity (Wildman–Crippen MR) is 116 cm³/mol. The van der Waals surface area contributed by atoms with Gasteiger partial charge >= 0.3 is 0 Å². The summed E-state index contributed by atoms with van der Waals surface area (Å²) in [5.41, 5.74) is 3.47. The van der Waals surface area contributed by atoms with Gasteiger partial charge in [-0.05, 0) is 43.2 Å². The minimum Gasteiger partial charge on any atom is -0.494 e. The molecule has 0 amide bonds. The third-order valence-corrected chi connectivity index (χ3v) is 4.94. The van der Waals surface area contributed by atoms with E-state index in [1.54, 1.807) is 12.5 Å². The summed E-state index contributed by atoms with van der Waals surface area (Å²) in [6.07, 6.45) is 6.78. The molecule has 0 saturated heterocycles. The molecule has 0 aliphatic rings. The van der Waals surface area contributed by atoms with Gasteiger partial charge in [0.25, 0.3) is 0 Å². The molecule has 4 aromatic rings. The maximum Gasteiger partial charge on any atom is 0.178 e. The number of nitriles is 1. The van der Waals surface area contributed by atoms with Crippen molar-refractivity contribution in [3.8, 4) is 34.5 Å². The Bertz CT molecular complexity index is 1160. The van der Waals surface area contributed by atoms with Crippen LogP contribution in [0.3, 0.4) is 0 Å². The molecule has 6 heteroatoms. The van der Waals surface area contributed by atoms with Crippen LogP contribution in [0.15, 0.2) is 59.3 Å². The van der Waals surface area contributed by atoms with E-state index in [0.29, 0.717) is 25.2 Å². The van der Waals surface area contributed by atoms with Crippen LogP contribution in [0, 0.1) is 11.3 Å². The number of pyridine rings is 1. The molecule has 152 valence electrons. The van der Waals surface area contributed by atoms with E-state index in [4.69, 9.17) is 19.4 Å². The Morgan fingerprint density at radius 3 is 2.87 bits per heavy atom. The topological polar surface area (TPSA) is 76.9 Å². The van der Waals surface area contributed by atoms with E-state index >= 15 is 0 Å². The largest absolute Gasteiger partial charge is 0.494 e. The van der Waals surface area contributed by atoms with Gasteiger partial charge in [0.05, 0.1) is 24.5 Å². The van der Waals surface area contributed by atoms with Crippen LogP contribution in [0.5, 0.6) is 5.75 Å². The molecule has 0 aliphatic carbocycles. The van der Waals surface area contributed by atoms with Crippen molar-refractivity contribution in [2.45, 2.75) is 39.2 Å². The maximum atomic E-state index is 8.99. The van der Waals surface area contributed by atoms with E-state index in [1.807, 2.05) is 42.5 Å². The Labute approximate surface area is 175 Å². The van der Waals surface area contributed by atoms with Gasteiger partial charge in [-0.15, -0.1) is 0 Å². The van der Waals surface area contributed by atoms with Crippen molar-refractivity contribution in [1.82, 2.24) is 14.5 Å². The third kappa shape index (κ3) is 4.20. The van der Waals surface area contributed by atoms with Gasteiger partial charge in [-0.2, -0.15) is 5.26 Å². The molecule has 0 bridgehead atoms. The third-order valence-electron chi connectivity index (χ3n) is 4.94. The van der Waals surface area contributed by atoms with E-state index in [1.165, 1.54) is 0 Å². The average Bonchev–Trinajstić information content (AvgIpc) is 3.42. The van der Waals surface area contributed by atoms with Crippen molar-refractivity contribution in [3.63, 3.8) is 0 Å². The van der Waals surface area contributed by atoms with Gasteiger partial charge in [-0.25, -0.2) is 9.97 Å². The zero-order valence-corrected chi connectivity index (χ0v) is 17.0. The lowest BCUT2D eigenvalue weighted by Crippen LogP contribution is -2.02. The standard InChI is InChI=1S/C24H24N4O2/c1-2-3-13-29-20-9-6-8-18(15-20)24-27-23-21(28(24)12-5-4-11-25)16-19(17-26-23)22-10-7-14-30-22/h6-10,14-17H,2-5,12-13H2,1H3. The van der Waals surface area contributed by atoms with Crippen LogP contribution >= 0.6 is 0 Å². The summed E-state index contributed by atoms with van der Waals surface area (Å²) in [7, 11) is 0. The molecule has 3 aromatic heterocycles. The average molecular weight is 400 g/mol. The SMILES string of the molecule is CCCCOc1cccc(-c2nc3ncc(-c4ccco4)cc3n2CCCC#N)c1. The molecule has 4 rings (SSSR count). The van der Waals surface area contributed by atoms with Crippen molar-refractivity contribution in [2.75, 3.05) is 6.61 Å². The first-order chi connectivity index (χ1) is 14.8. The molecule has 0 radical (unpaired) electrons. The van der Waals surface area contributed by atoms with E-state index in [0.717, 1.165) is 53.2 Å². The number of aryl methyl sites for hydroxylation is 1. The number of nitrogens with zero attached hydrogens (tertiary/aromatic N) is 4. The van der Waals surface area contributed by atoms with Crippen molar-refractivity contribution in [1.29, 1.82) is 5.26 Å². The van der Waals surface area contributed by atoms with Crippen LogP contribution in [-0.2, 0) is 6.54 Å². The fraction of sp³-hybridized carbons (Fsp3) is 0.292. The fourth-order valence-electron chi connectivity index (χ4n) is 3.41. The van der Waals surface area contributed by atoms with Gasteiger partial charge in [0.2, 0.25) is 0 Å². The predicted octanol–water partition coefficient (Wildman–Crippen LogP) is 5.84. The normalized spacial score (nSPS) is 10.9. The number of ether oxygens (including phenoxy) is 1. The smallest absolute Gasteiger partial charge is 0.178 e. The zero-order chi connectivity index (χ0) is 20.8. The second kappa shape index (κ2) is 9.27. The Hall–Kier alpha value is -3.59. The number of fused-ring (bicyclic) bond motifs is 1. The molecule has 0 spiro atoms. The minimum atomic E-state index is 0.491. The molecule has 0 aliphatic heterocycles. The van der Waals surface area contributed by atoms with E-state index < -0.39 is 0 Å². The number of hydrogen-bond donors (Lipinski definition) is 0. The molecule has 6 nitrogen and oxygen atoms in total. The summed E-state index contributed by atoms with van der Waals surface area (Å²) >= 11 is 0. The Morgan fingerprint density at radius 1 is 1.13 bits per heavy atom. The highest BCUT2D eigenvalue weighted by atomic mass is 16.5. The second-order valence-electron chi connectivity index (χ2n) is 7.12. The summed E-state index contributed by atoms with van der Waals surface area (Å²) in [5, 5.41) is 8.99. The van der Waals surface area contributed by atoms with Crippen LogP contribution < -0.4 is 4.74 Å². The minimum absolute atomic E-state index is 0.491. The van der Waals surface area contributed by atoms with Crippen LogP contribution in [-0.4, -0.2) is 21.1 Å². The van der Waals surface area contributed by atoms with E-state index in [9.17, 15) is 0 Å². The van der Waals surface area contributed by atoms with Crippen molar-refractivity contribution < 1.29 is 9.15 Å². The second-order valence-corrected chi connectivity index (χ2v) is 7.12. The molecular weight excluding hydrogens is 376 g/mol. The molecule has 30 heavy (non-hydrogen) atoms. The maximum absolute atomic E-state index is 8.99. The highest BCUT2D eigenvalue weighted by Crippen LogP contribution is 2.30. The lowest BCUT2D eigenvalue weighted by atomic mass is 10.2. The lowest BCUT2D eigenvalue weighted by Gasteiger charge is -2.10. The van der Waals surface area contributed by atoms with Crippen molar-refractivity contribution in [2.24, 2.45) is 0 Å². The highest BCUT2D eigenvalue weighted by Gasteiger charge is 2.16. The van der Waals surface area contributed by atoms with Crippen molar-refractivity contribution >= 4 is 11.2 Å². The molecular formula is C24H24N4O2. The zero-order valence-electron chi connectivity index (χ0n) is 17.0. The van der Waals surface area contributed by atoms with Gasteiger partial charge in [0, 0.05) is 30.3 Å². The lowest BCUT2D eigenvalue weighted by molar-refractivity contribution is 0.309. The van der Waals surface area contributed by atoms with Crippen LogP contribution in [0.25, 0.3) is 33.9 Å². The number of benzene rings is 1. The van der Waals surface area contributed by atoms with Gasteiger partial charge in [0.15, 0.2) is 5.65 Å². The molecule has 3 heterocycles. The number of imidazole rings is 1. The number of hydrogen-bond acceptors (Lipinski definition) is 5. The van der Waals surface area contributed by atoms with Gasteiger partial charge in [-0.1, -0.05) is 25.5 Å². The summed E-state index contributed by atoms with van der Waals surface area (Å²) < 4.78 is 13.5. The molecule has 0 atom stereocenters. The summed E-state index contributed by atoms with van der Waals surface area (Å²) in [4.78, 5) is 9.37. The van der Waals surface area contributed by atoms with Crippen LogP contribution in [0.1, 0.15) is 32.6 Å². The van der Waals surface area contributed by atoms with Gasteiger partial charge in [-0.3, -0.25) is 0 Å². The summed E-state index contributed by atoms with van der Waals surface area (Å²) in [5.74, 6) is 2.43. The Kier molecular flexibility index (Phi) is 6.09. The van der Waals surface area contributed by atoms with Gasteiger partial charge in [0.1, 0.15) is 17.3 Å². The monoisotopic (exact) mass is 400 g/mol. The van der Waals surface area contributed by atoms with Crippen LogP contribution in [0.4, 0.5) is 0 Å². The first-order valence-electron chi connectivity index (χ1n) is 10.3. The first-order valence-corrected chi connectivity index (χ1v) is 10.3. The molecule has 1 aromatic carbocycles. The Morgan fingerprint density at radius 2 is 2.07 bits per heavy atom. The van der Waals surface area contributed by atoms with Gasteiger partial charge < -0.3 is 13.7 Å². The molecule has 0 unspecified atom stereocenters. The summed E-state index contributed by atoms with van der Waals surface area (Å²) in [6.45, 7) is 3.53. The first kappa shape index (κ1) is 19.7. The molecule has 0 fully saturated rings. The number of furan rings is 1. The van der Waals surface area contributed by atoms with Crippen LogP contribution in [0.2, 0.25) is 0 Å². The van der Waals surface area contributed by atoms with Crippen molar-refractivity contribution in [3.05, 3.63) is 54.9 Å².